The molecule has 138 valence electrons. The second-order valence-corrected chi connectivity index (χ2v) is 6.10. The quantitative estimate of drug-likeness (QED) is 0.530. The van der Waals surface area contributed by atoms with Gasteiger partial charge in [0.05, 0.1) is 0 Å². The molecule has 0 radical (unpaired) electrons. The molecule has 28 heavy (non-hydrogen) atoms. The highest BCUT2D eigenvalue weighted by atomic mass is 16.5. The van der Waals surface area contributed by atoms with Crippen molar-refractivity contribution in [3.05, 3.63) is 83.2 Å². The number of aryl methyl sites for hydroxylation is 2. The van der Waals surface area contributed by atoms with E-state index in [1.54, 1.807) is 30.3 Å². The SMILES string of the molecule is Cc1cc(C)nc(Oc2cccc(NC(=O)/C(C#N)=C/c3ccccc3)c2)n1. The van der Waals surface area contributed by atoms with Crippen molar-refractivity contribution in [2.75, 3.05) is 5.32 Å². The zero-order chi connectivity index (χ0) is 19.9. The second kappa shape index (κ2) is 8.60. The molecule has 6 nitrogen and oxygen atoms in total. The third kappa shape index (κ3) is 5.02. The predicted molar refractivity (Wildman–Crippen MR) is 107 cm³/mol. The molecule has 1 amide bonds. The lowest BCUT2D eigenvalue weighted by Crippen LogP contribution is -2.13. The van der Waals surface area contributed by atoms with Gasteiger partial charge in [-0.05, 0) is 43.7 Å². The van der Waals surface area contributed by atoms with Crippen molar-refractivity contribution >= 4 is 17.7 Å². The first-order chi connectivity index (χ1) is 13.5. The summed E-state index contributed by atoms with van der Waals surface area (Å²) in [5.41, 5.74) is 2.89. The van der Waals surface area contributed by atoms with Crippen molar-refractivity contribution < 1.29 is 9.53 Å². The molecule has 0 fully saturated rings. The minimum Gasteiger partial charge on any atom is -0.424 e. The van der Waals surface area contributed by atoms with E-state index in [0.717, 1.165) is 17.0 Å². The van der Waals surface area contributed by atoms with Crippen LogP contribution in [-0.2, 0) is 4.79 Å². The Balaban J connectivity index is 1.76. The van der Waals surface area contributed by atoms with Crippen LogP contribution in [0.2, 0.25) is 0 Å². The normalized spacial score (nSPS) is 10.8. The average Bonchev–Trinajstić information content (AvgIpc) is 2.66. The summed E-state index contributed by atoms with van der Waals surface area (Å²) in [5, 5.41) is 12.0. The fourth-order valence-electron chi connectivity index (χ4n) is 2.54. The number of rotatable bonds is 5. The van der Waals surface area contributed by atoms with Crippen LogP contribution in [0.3, 0.4) is 0 Å². The standard InChI is InChI=1S/C22H18N4O2/c1-15-11-16(2)25-22(24-15)28-20-10-6-9-19(13-20)26-21(27)18(14-23)12-17-7-4-3-5-8-17/h3-13H,1-2H3,(H,26,27)/b18-12+. The van der Waals surface area contributed by atoms with E-state index in [1.165, 1.54) is 0 Å². The summed E-state index contributed by atoms with van der Waals surface area (Å²) in [6.07, 6.45) is 1.54. The van der Waals surface area contributed by atoms with Crippen LogP contribution in [-0.4, -0.2) is 15.9 Å². The fourth-order valence-corrected chi connectivity index (χ4v) is 2.54. The Labute approximate surface area is 163 Å². The summed E-state index contributed by atoms with van der Waals surface area (Å²) >= 11 is 0. The lowest BCUT2D eigenvalue weighted by atomic mass is 10.1. The van der Waals surface area contributed by atoms with Crippen LogP contribution in [0.4, 0.5) is 5.69 Å². The van der Waals surface area contributed by atoms with Gasteiger partial charge < -0.3 is 10.1 Å². The van der Waals surface area contributed by atoms with E-state index in [9.17, 15) is 10.1 Å². The molecule has 0 atom stereocenters. The number of hydrogen-bond donors (Lipinski definition) is 1. The molecule has 0 aliphatic rings. The van der Waals surface area contributed by atoms with Crippen molar-refractivity contribution in [1.29, 1.82) is 5.26 Å². The van der Waals surface area contributed by atoms with Gasteiger partial charge in [0.25, 0.3) is 5.91 Å². The van der Waals surface area contributed by atoms with Crippen molar-refractivity contribution in [2.45, 2.75) is 13.8 Å². The Morgan fingerprint density at radius 3 is 2.43 bits per heavy atom. The molecule has 1 aromatic heterocycles. The Hall–Kier alpha value is -3.98. The summed E-state index contributed by atoms with van der Waals surface area (Å²) in [6.45, 7) is 3.72. The van der Waals surface area contributed by atoms with Gasteiger partial charge in [-0.1, -0.05) is 36.4 Å². The van der Waals surface area contributed by atoms with Crippen molar-refractivity contribution in [3.8, 4) is 17.8 Å². The minimum atomic E-state index is -0.494. The number of hydrogen-bond acceptors (Lipinski definition) is 5. The maximum absolute atomic E-state index is 12.4. The largest absolute Gasteiger partial charge is 0.424 e. The van der Waals surface area contributed by atoms with E-state index in [1.807, 2.05) is 56.3 Å². The van der Waals surface area contributed by atoms with Crippen LogP contribution in [0.25, 0.3) is 6.08 Å². The van der Waals surface area contributed by atoms with Crippen LogP contribution < -0.4 is 10.1 Å². The van der Waals surface area contributed by atoms with Crippen LogP contribution in [0.1, 0.15) is 17.0 Å². The molecule has 0 aliphatic heterocycles. The van der Waals surface area contributed by atoms with Crippen LogP contribution in [0, 0.1) is 25.2 Å². The van der Waals surface area contributed by atoms with Gasteiger partial charge >= 0.3 is 6.01 Å². The summed E-state index contributed by atoms with van der Waals surface area (Å²) in [5.74, 6) is -0.0144. The second-order valence-electron chi connectivity index (χ2n) is 6.10. The molecule has 0 aliphatic carbocycles. The minimum absolute atomic E-state index is 0.00941. The smallest absolute Gasteiger partial charge is 0.322 e. The zero-order valence-corrected chi connectivity index (χ0v) is 15.5. The molecule has 0 spiro atoms. The molecule has 1 N–H and O–H groups in total. The third-order valence-corrected chi connectivity index (χ3v) is 3.74. The number of anilines is 1. The zero-order valence-electron chi connectivity index (χ0n) is 15.5. The molecular weight excluding hydrogens is 352 g/mol. The van der Waals surface area contributed by atoms with Crippen molar-refractivity contribution in [1.82, 2.24) is 9.97 Å². The summed E-state index contributed by atoms with van der Waals surface area (Å²) in [6, 6.07) is 20.1. The summed E-state index contributed by atoms with van der Waals surface area (Å²) in [4.78, 5) is 20.9. The maximum Gasteiger partial charge on any atom is 0.322 e. The molecule has 1 heterocycles. The number of nitrogens with one attached hydrogen (secondary N) is 1. The molecular formula is C22H18N4O2. The van der Waals surface area contributed by atoms with E-state index >= 15 is 0 Å². The van der Waals surface area contributed by atoms with Gasteiger partial charge in [-0.3, -0.25) is 4.79 Å². The van der Waals surface area contributed by atoms with Crippen LogP contribution in [0.5, 0.6) is 11.8 Å². The predicted octanol–water partition coefficient (Wildman–Crippen LogP) is 4.43. The van der Waals surface area contributed by atoms with E-state index in [0.29, 0.717) is 11.4 Å². The van der Waals surface area contributed by atoms with Crippen LogP contribution in [0.15, 0.2) is 66.2 Å². The van der Waals surface area contributed by atoms with Gasteiger partial charge in [-0.25, -0.2) is 9.97 Å². The number of amides is 1. The number of carbonyl (C=O) groups excluding carboxylic acids is 1. The number of ether oxygens (including phenoxy) is 1. The fraction of sp³-hybridized carbons (Fsp3) is 0.0909. The molecule has 6 heteroatoms. The van der Waals surface area contributed by atoms with E-state index in [-0.39, 0.29) is 11.6 Å². The lowest BCUT2D eigenvalue weighted by Gasteiger charge is -2.08. The highest BCUT2D eigenvalue weighted by molar-refractivity contribution is 6.09. The molecule has 0 saturated carbocycles. The van der Waals surface area contributed by atoms with E-state index in [4.69, 9.17) is 4.74 Å². The highest BCUT2D eigenvalue weighted by Gasteiger charge is 2.10. The average molecular weight is 370 g/mol. The number of benzene rings is 2. The Morgan fingerprint density at radius 2 is 1.75 bits per heavy atom. The Morgan fingerprint density at radius 1 is 1.04 bits per heavy atom. The van der Waals surface area contributed by atoms with Gasteiger partial charge in [0.15, 0.2) is 0 Å². The molecule has 2 aromatic carbocycles. The highest BCUT2D eigenvalue weighted by Crippen LogP contribution is 2.22. The van der Waals surface area contributed by atoms with Crippen LogP contribution >= 0.6 is 0 Å². The summed E-state index contributed by atoms with van der Waals surface area (Å²) in [7, 11) is 0. The number of aromatic nitrogens is 2. The first kappa shape index (κ1) is 18.8. The van der Waals surface area contributed by atoms with Crippen molar-refractivity contribution in [2.24, 2.45) is 0 Å². The molecule has 3 aromatic rings. The number of nitrogens with zero attached hydrogens (tertiary/aromatic N) is 3. The third-order valence-electron chi connectivity index (χ3n) is 3.74. The van der Waals surface area contributed by atoms with Crippen molar-refractivity contribution in [3.63, 3.8) is 0 Å². The van der Waals surface area contributed by atoms with Gasteiger partial charge in [0, 0.05) is 23.1 Å². The first-order valence-corrected chi connectivity index (χ1v) is 8.62. The number of carbonyl (C=O) groups is 1. The first-order valence-electron chi connectivity index (χ1n) is 8.62. The van der Waals surface area contributed by atoms with Gasteiger partial charge in [0.2, 0.25) is 0 Å². The topological polar surface area (TPSA) is 87.9 Å². The van der Waals surface area contributed by atoms with E-state index < -0.39 is 5.91 Å². The van der Waals surface area contributed by atoms with E-state index in [2.05, 4.69) is 15.3 Å². The lowest BCUT2D eigenvalue weighted by molar-refractivity contribution is -0.112. The van der Waals surface area contributed by atoms with Gasteiger partial charge in [0.1, 0.15) is 17.4 Å². The van der Waals surface area contributed by atoms with Gasteiger partial charge in [-0.15, -0.1) is 0 Å². The Kier molecular flexibility index (Phi) is 5.78. The molecule has 0 saturated heterocycles. The monoisotopic (exact) mass is 370 g/mol. The number of nitriles is 1. The molecule has 3 rings (SSSR count). The molecule has 0 bridgehead atoms. The summed E-state index contributed by atoms with van der Waals surface area (Å²) < 4.78 is 5.69. The van der Waals surface area contributed by atoms with Gasteiger partial charge in [-0.2, -0.15) is 5.26 Å². The molecule has 0 unspecified atom stereocenters. The Bertz CT molecular complexity index is 1050. The maximum atomic E-state index is 12.4.